The van der Waals surface area contributed by atoms with Crippen LogP contribution in [0.2, 0.25) is 0 Å². The molecule has 2 fully saturated rings. The third-order valence-corrected chi connectivity index (χ3v) is 8.92. The molecule has 192 valence electrons. The van der Waals surface area contributed by atoms with E-state index in [0.717, 1.165) is 26.2 Å². The number of piperazine rings is 1. The molecule has 11 heteroatoms. The van der Waals surface area contributed by atoms with E-state index in [0.29, 0.717) is 5.75 Å². The molecule has 0 radical (unpaired) electrons. The van der Waals surface area contributed by atoms with Crippen LogP contribution in [0.15, 0.2) is 29.2 Å². The molecule has 3 rings (SSSR count). The van der Waals surface area contributed by atoms with E-state index in [2.05, 4.69) is 16.7 Å². The zero-order valence-electron chi connectivity index (χ0n) is 20.4. The maximum absolute atomic E-state index is 13.2. The Morgan fingerprint density at radius 2 is 1.74 bits per heavy atom. The number of hydrogen-bond acceptors (Lipinski definition) is 8. The van der Waals surface area contributed by atoms with Gasteiger partial charge >= 0.3 is 5.91 Å². The highest BCUT2D eigenvalue weighted by Gasteiger charge is 2.52. The number of carbonyl (C=O) groups excluding carboxylic acids is 2. The van der Waals surface area contributed by atoms with Gasteiger partial charge in [-0.2, -0.15) is 0 Å². The lowest BCUT2D eigenvalue weighted by molar-refractivity contribution is -1.04. The minimum absolute atomic E-state index is 0.00340. The van der Waals surface area contributed by atoms with Crippen LogP contribution in [0.25, 0.3) is 0 Å². The Balaban J connectivity index is 1.66. The van der Waals surface area contributed by atoms with Crippen LogP contribution in [0.1, 0.15) is 19.8 Å². The third kappa shape index (κ3) is 6.59. The summed E-state index contributed by atoms with van der Waals surface area (Å²) in [5.41, 5.74) is 4.33. The number of likely N-dealkylation sites (N-methyl/N-ethyl adjacent to an activating group) is 1. The lowest BCUT2D eigenvalue weighted by Gasteiger charge is -2.41. The van der Waals surface area contributed by atoms with E-state index in [9.17, 15) is 23.2 Å². The topological polar surface area (TPSA) is 130 Å². The number of sulfone groups is 1. The minimum atomic E-state index is -3.86. The highest BCUT2D eigenvalue weighted by Crippen LogP contribution is 2.37. The van der Waals surface area contributed by atoms with Crippen molar-refractivity contribution in [2.75, 3.05) is 65.2 Å². The molecule has 2 aliphatic rings. The largest absolute Gasteiger partial charge is 0.481 e. The average molecular weight is 508 g/mol. The zero-order chi connectivity index (χ0) is 25.7. The van der Waals surface area contributed by atoms with Gasteiger partial charge < -0.3 is 15.4 Å². The molecule has 0 saturated carbocycles. The van der Waals surface area contributed by atoms with Crippen LogP contribution in [0, 0.1) is 17.3 Å². The van der Waals surface area contributed by atoms with Gasteiger partial charge in [0.1, 0.15) is 32.0 Å². The van der Waals surface area contributed by atoms with Gasteiger partial charge in [0.2, 0.25) is 5.91 Å². The molecule has 2 aliphatic heterocycles. The summed E-state index contributed by atoms with van der Waals surface area (Å²) < 4.78 is 30.9. The maximum atomic E-state index is 13.2. The van der Waals surface area contributed by atoms with Crippen molar-refractivity contribution in [2.24, 2.45) is 11.1 Å². The van der Waals surface area contributed by atoms with Gasteiger partial charge in [0, 0.05) is 39.0 Å². The molecule has 0 atom stereocenters. The van der Waals surface area contributed by atoms with Gasteiger partial charge in [0.25, 0.3) is 0 Å². The normalized spacial score (nSPS) is 25.9. The lowest BCUT2D eigenvalue weighted by atomic mass is 9.79. The second-order valence-corrected chi connectivity index (χ2v) is 11.4. The Morgan fingerprint density at radius 1 is 1.14 bits per heavy atom. The molecule has 0 spiro atoms. The van der Waals surface area contributed by atoms with Gasteiger partial charge in [-0.15, -0.1) is 10.6 Å². The minimum Gasteiger partial charge on any atom is -0.481 e. The van der Waals surface area contributed by atoms with Crippen LogP contribution in [-0.4, -0.2) is 105 Å². The number of hydroxylamine groups is 3. The van der Waals surface area contributed by atoms with Crippen molar-refractivity contribution < 1.29 is 32.6 Å². The summed E-state index contributed by atoms with van der Waals surface area (Å²) in [5, 5.41) is 11.0. The zero-order valence-corrected chi connectivity index (χ0v) is 21.2. The number of piperidine rings is 1. The second kappa shape index (κ2) is 11.1. The predicted octanol–water partition coefficient (Wildman–Crippen LogP) is 0.108. The van der Waals surface area contributed by atoms with Gasteiger partial charge in [0.15, 0.2) is 9.84 Å². The predicted molar refractivity (Wildman–Crippen MR) is 129 cm³/mol. The number of ether oxygens (including phenoxy) is 1. The van der Waals surface area contributed by atoms with Crippen LogP contribution < -0.4 is 10.5 Å². The van der Waals surface area contributed by atoms with Crippen molar-refractivity contribution in [3.05, 3.63) is 24.3 Å². The number of quaternary nitrogens is 1. The molecular weight excluding hydrogens is 472 g/mol. The first-order chi connectivity index (χ1) is 16.5. The fraction of sp³-hybridized carbons (Fsp3) is 0.583. The van der Waals surface area contributed by atoms with E-state index in [-0.39, 0.29) is 49.9 Å². The molecule has 2 heterocycles. The number of rotatable bonds is 8. The van der Waals surface area contributed by atoms with Gasteiger partial charge in [-0.3, -0.25) is 9.69 Å². The van der Waals surface area contributed by atoms with E-state index in [1.165, 1.54) is 24.3 Å². The molecule has 35 heavy (non-hydrogen) atoms. The molecule has 2 amide bonds. The Bertz CT molecular complexity index is 1080. The number of likely N-dealkylation sites (tertiary alicyclic amines) is 1. The van der Waals surface area contributed by atoms with Crippen molar-refractivity contribution in [3.63, 3.8) is 0 Å². The lowest BCUT2D eigenvalue weighted by Crippen LogP contribution is -2.62. The highest BCUT2D eigenvalue weighted by atomic mass is 32.2. The fourth-order valence-electron chi connectivity index (χ4n) is 4.46. The number of carbonyl (C=O) groups is 2. The molecule has 0 aliphatic carbocycles. The van der Waals surface area contributed by atoms with Crippen LogP contribution in [0.4, 0.5) is 0 Å². The summed E-state index contributed by atoms with van der Waals surface area (Å²) in [6.07, 6.45) is 0.00679. The second-order valence-electron chi connectivity index (χ2n) is 9.43. The molecule has 1 aromatic carbocycles. The Kier molecular flexibility index (Phi) is 8.56. The van der Waals surface area contributed by atoms with Crippen LogP contribution in [0.5, 0.6) is 5.75 Å². The van der Waals surface area contributed by atoms with Crippen LogP contribution >= 0.6 is 0 Å². The number of nitrogens with two attached hydrogens (primary N) is 1. The molecule has 0 bridgehead atoms. The molecule has 10 nitrogen and oxygen atoms in total. The highest BCUT2D eigenvalue weighted by molar-refractivity contribution is 7.91. The Labute approximate surface area is 207 Å². The average Bonchev–Trinajstić information content (AvgIpc) is 2.82. The van der Waals surface area contributed by atoms with Gasteiger partial charge in [-0.1, -0.05) is 5.92 Å². The smallest absolute Gasteiger partial charge is 0.359 e. The summed E-state index contributed by atoms with van der Waals surface area (Å²) in [5.74, 6) is 4.38. The maximum Gasteiger partial charge on any atom is 0.359 e. The number of hydrogen-bond donors (Lipinski definition) is 2. The van der Waals surface area contributed by atoms with Gasteiger partial charge in [0.05, 0.1) is 16.1 Å². The van der Waals surface area contributed by atoms with E-state index in [4.69, 9.17) is 10.5 Å². The first kappa shape index (κ1) is 27.1. The molecule has 2 saturated heterocycles. The molecule has 0 unspecified atom stereocenters. The number of primary amides is 1. The third-order valence-electron chi connectivity index (χ3n) is 7.00. The van der Waals surface area contributed by atoms with Crippen molar-refractivity contribution in [3.8, 4) is 17.6 Å². The van der Waals surface area contributed by atoms with E-state index >= 15 is 0 Å². The number of amides is 2. The van der Waals surface area contributed by atoms with Gasteiger partial charge in [-0.25, -0.2) is 18.4 Å². The van der Waals surface area contributed by atoms with E-state index in [1.807, 2.05) is 11.9 Å². The van der Waals surface area contributed by atoms with Crippen molar-refractivity contribution >= 4 is 21.7 Å². The van der Waals surface area contributed by atoms with E-state index in [1.54, 1.807) is 6.92 Å². The van der Waals surface area contributed by atoms with Crippen molar-refractivity contribution in [1.82, 2.24) is 9.80 Å². The standard InChI is InChI=1S/C24H34N4O6S/c1-3-4-17-34-20-5-7-21(8-6-20)35(32,33)19-24(23(25)30)9-15-28(31,16-10-24)22(29)18-27-13-11-26(2)12-14-27/h5-8,31H,9-19H2,1-2H3,(H-,25,30)/p+1. The molecule has 3 N–H and O–H groups in total. The summed E-state index contributed by atoms with van der Waals surface area (Å²) >= 11 is 0. The first-order valence-electron chi connectivity index (χ1n) is 11.7. The van der Waals surface area contributed by atoms with E-state index < -0.39 is 31.6 Å². The Hall–Kier alpha value is -2.49. The van der Waals surface area contributed by atoms with Crippen molar-refractivity contribution in [1.29, 1.82) is 0 Å². The molecule has 1 aromatic rings. The fourth-order valence-corrected chi connectivity index (χ4v) is 6.33. The number of benzene rings is 1. The summed E-state index contributed by atoms with van der Waals surface area (Å²) in [4.78, 5) is 29.6. The van der Waals surface area contributed by atoms with Crippen LogP contribution in [0.3, 0.4) is 0 Å². The first-order valence-corrected chi connectivity index (χ1v) is 13.3. The monoisotopic (exact) mass is 507 g/mol. The molecular formula is C24H35N4O6S+. The summed E-state index contributed by atoms with van der Waals surface area (Å²) in [6.45, 7) is 5.06. The summed E-state index contributed by atoms with van der Waals surface area (Å²) in [7, 11) is -1.84. The summed E-state index contributed by atoms with van der Waals surface area (Å²) in [6, 6.07) is 5.92. The van der Waals surface area contributed by atoms with Gasteiger partial charge in [-0.05, 0) is 38.2 Å². The Morgan fingerprint density at radius 3 is 2.29 bits per heavy atom. The van der Waals surface area contributed by atoms with Crippen LogP contribution in [-0.2, 0) is 19.4 Å². The number of nitrogens with zero attached hydrogens (tertiary/aromatic N) is 3. The SMILES string of the molecule is CC#CCOc1ccc(S(=O)(=O)CC2(C(N)=O)CC[N+](O)(C(=O)CN3CCN(C)CC3)CC2)cc1. The molecule has 0 aromatic heterocycles. The quantitative estimate of drug-likeness (QED) is 0.288. The van der Waals surface area contributed by atoms with Crippen molar-refractivity contribution in [2.45, 2.75) is 24.7 Å².